The minimum absolute atomic E-state index is 0.800. The van der Waals surface area contributed by atoms with E-state index in [1.54, 1.807) is 0 Å². The quantitative estimate of drug-likeness (QED) is 0.176. The summed E-state index contributed by atoms with van der Waals surface area (Å²) >= 11 is 0. The highest BCUT2D eigenvalue weighted by molar-refractivity contribution is 6.83. The normalized spacial score (nSPS) is 10.7. The van der Waals surface area contributed by atoms with Gasteiger partial charge in [-0.1, -0.05) is 102 Å². The lowest BCUT2D eigenvalue weighted by Crippen LogP contribution is -2.16. The fraction of sp³-hybridized carbons (Fsp3) is 0.484. The molecule has 0 saturated heterocycles. The van der Waals surface area contributed by atoms with Gasteiger partial charge in [-0.2, -0.15) is 0 Å². The van der Waals surface area contributed by atoms with Crippen LogP contribution in [0.3, 0.4) is 0 Å². The van der Waals surface area contributed by atoms with E-state index in [-0.39, 0.29) is 0 Å². The van der Waals surface area contributed by atoms with Crippen LogP contribution in [0.25, 0.3) is 0 Å². The molecule has 0 aliphatic carbocycles. The van der Waals surface area contributed by atoms with Crippen LogP contribution < -0.4 is 4.74 Å². The van der Waals surface area contributed by atoms with Crippen LogP contribution in [0, 0.1) is 23.3 Å². The van der Waals surface area contributed by atoms with Crippen LogP contribution >= 0.6 is 0 Å². The van der Waals surface area contributed by atoms with Gasteiger partial charge in [-0.15, -0.1) is 5.54 Å². The maximum Gasteiger partial charge on any atom is 0.129 e. The van der Waals surface area contributed by atoms with Gasteiger partial charge in [0, 0.05) is 16.7 Å². The van der Waals surface area contributed by atoms with Crippen molar-refractivity contribution in [1.29, 1.82) is 0 Å². The van der Waals surface area contributed by atoms with Gasteiger partial charge in [-0.05, 0) is 55.0 Å². The Hall–Kier alpha value is -2.42. The van der Waals surface area contributed by atoms with Crippen LogP contribution in [0.15, 0.2) is 48.5 Å². The zero-order valence-electron chi connectivity index (χ0n) is 21.3. The van der Waals surface area contributed by atoms with E-state index in [2.05, 4.69) is 62.0 Å². The summed E-state index contributed by atoms with van der Waals surface area (Å²) in [5, 5.41) is 0. The van der Waals surface area contributed by atoms with E-state index in [1.807, 2.05) is 36.4 Å². The van der Waals surface area contributed by atoms with Crippen molar-refractivity contribution in [2.75, 3.05) is 6.61 Å². The number of ether oxygens (including phenoxy) is 1. The Morgan fingerprint density at radius 2 is 1.00 bits per heavy atom. The molecule has 176 valence electrons. The van der Waals surface area contributed by atoms with Crippen molar-refractivity contribution in [2.45, 2.75) is 90.8 Å². The molecule has 0 bridgehead atoms. The van der Waals surface area contributed by atoms with Crippen LogP contribution in [-0.2, 0) is 0 Å². The molecule has 33 heavy (non-hydrogen) atoms. The second-order valence-electron chi connectivity index (χ2n) is 9.88. The lowest BCUT2D eigenvalue weighted by Gasteiger charge is -2.06. The largest absolute Gasteiger partial charge is 0.494 e. The molecule has 0 unspecified atom stereocenters. The third-order valence-corrected chi connectivity index (χ3v) is 6.31. The van der Waals surface area contributed by atoms with Crippen LogP contribution in [0.1, 0.15) is 87.8 Å². The van der Waals surface area contributed by atoms with Gasteiger partial charge in [0.2, 0.25) is 0 Å². The monoisotopic (exact) mass is 458 g/mol. The predicted molar refractivity (Wildman–Crippen MR) is 146 cm³/mol. The van der Waals surface area contributed by atoms with Crippen molar-refractivity contribution < 1.29 is 4.74 Å². The summed E-state index contributed by atoms with van der Waals surface area (Å²) in [4.78, 5) is 0. The third-order valence-electron chi connectivity index (χ3n) is 5.44. The fourth-order valence-electron chi connectivity index (χ4n) is 3.45. The van der Waals surface area contributed by atoms with Gasteiger partial charge in [-0.3, -0.25) is 0 Å². The number of hydrogen-bond donors (Lipinski definition) is 0. The first-order valence-corrected chi connectivity index (χ1v) is 16.3. The molecule has 0 radical (unpaired) electrons. The molecule has 0 amide bonds. The second-order valence-corrected chi connectivity index (χ2v) is 14.6. The standard InChI is InChI=1S/C31H42OSi/c1-5-6-7-8-9-10-11-12-13-14-26-32-31-23-21-29(22-24-31)16-15-28-17-19-30(20-18-28)25-27-33(2,3)4/h17-24H,5-14,26H2,1-4H3. The molecule has 2 rings (SSSR count). The highest BCUT2D eigenvalue weighted by Crippen LogP contribution is 2.14. The summed E-state index contributed by atoms with van der Waals surface area (Å²) in [5.74, 6) is 10.7. The smallest absolute Gasteiger partial charge is 0.129 e. The van der Waals surface area contributed by atoms with E-state index >= 15 is 0 Å². The number of unbranched alkanes of at least 4 members (excludes halogenated alkanes) is 9. The van der Waals surface area contributed by atoms with E-state index < -0.39 is 8.07 Å². The minimum atomic E-state index is -1.34. The van der Waals surface area contributed by atoms with E-state index in [1.165, 1.54) is 57.8 Å². The van der Waals surface area contributed by atoms with Gasteiger partial charge in [0.15, 0.2) is 0 Å². The van der Waals surface area contributed by atoms with Crippen molar-refractivity contribution in [2.24, 2.45) is 0 Å². The van der Waals surface area contributed by atoms with Gasteiger partial charge >= 0.3 is 0 Å². The van der Waals surface area contributed by atoms with Gasteiger partial charge in [0.05, 0.1) is 6.61 Å². The summed E-state index contributed by atoms with van der Waals surface area (Å²) in [6.45, 7) is 9.85. The predicted octanol–water partition coefficient (Wildman–Crippen LogP) is 8.62. The Bertz CT molecular complexity index is 912. The molecule has 0 spiro atoms. The molecule has 0 N–H and O–H groups in total. The molecule has 2 aromatic carbocycles. The first kappa shape index (κ1) is 26.8. The molecule has 0 saturated carbocycles. The van der Waals surface area contributed by atoms with E-state index in [0.29, 0.717) is 0 Å². The van der Waals surface area contributed by atoms with Crippen molar-refractivity contribution >= 4 is 8.07 Å². The number of hydrogen-bond acceptors (Lipinski definition) is 1. The molecule has 0 aliphatic rings. The van der Waals surface area contributed by atoms with Gasteiger partial charge in [0.25, 0.3) is 0 Å². The zero-order valence-corrected chi connectivity index (χ0v) is 22.3. The van der Waals surface area contributed by atoms with Crippen LogP contribution in [0.4, 0.5) is 0 Å². The lowest BCUT2D eigenvalue weighted by molar-refractivity contribution is 0.304. The fourth-order valence-corrected chi connectivity index (χ4v) is 3.97. The first-order valence-electron chi connectivity index (χ1n) is 12.8. The van der Waals surface area contributed by atoms with Gasteiger partial charge in [-0.25, -0.2) is 0 Å². The molecule has 2 aromatic rings. The number of benzene rings is 2. The zero-order chi connectivity index (χ0) is 23.8. The molecule has 0 heterocycles. The molecule has 2 heteroatoms. The summed E-state index contributed by atoms with van der Waals surface area (Å²) in [6.07, 6.45) is 13.5. The van der Waals surface area contributed by atoms with Crippen LogP contribution in [-0.4, -0.2) is 14.7 Å². The van der Waals surface area contributed by atoms with Crippen molar-refractivity contribution in [3.63, 3.8) is 0 Å². The first-order chi connectivity index (χ1) is 16.0. The average molecular weight is 459 g/mol. The van der Waals surface area contributed by atoms with Gasteiger partial charge < -0.3 is 4.74 Å². The Balaban J connectivity index is 1.65. The molecule has 0 atom stereocenters. The van der Waals surface area contributed by atoms with Crippen molar-refractivity contribution in [1.82, 2.24) is 0 Å². The highest BCUT2D eigenvalue weighted by atomic mass is 28.3. The Kier molecular flexibility index (Phi) is 12.5. The van der Waals surface area contributed by atoms with Crippen molar-refractivity contribution in [3.05, 3.63) is 65.2 Å². The second kappa shape index (κ2) is 15.4. The molecular weight excluding hydrogens is 416 g/mol. The Labute approximate surface area is 204 Å². The van der Waals surface area contributed by atoms with Gasteiger partial charge in [0.1, 0.15) is 13.8 Å². The van der Waals surface area contributed by atoms with E-state index in [9.17, 15) is 0 Å². The maximum atomic E-state index is 5.90. The molecule has 1 nitrogen and oxygen atoms in total. The Morgan fingerprint density at radius 1 is 0.576 bits per heavy atom. The molecule has 0 fully saturated rings. The highest BCUT2D eigenvalue weighted by Gasteiger charge is 2.07. The summed E-state index contributed by atoms with van der Waals surface area (Å²) < 4.78 is 5.90. The number of rotatable bonds is 12. The molecule has 0 aromatic heterocycles. The minimum Gasteiger partial charge on any atom is -0.494 e. The SMILES string of the molecule is CCCCCCCCCCCCOc1ccc(C#Cc2ccc(C#C[Si](C)(C)C)cc2)cc1. The molecular formula is C31H42OSi. The van der Waals surface area contributed by atoms with E-state index in [4.69, 9.17) is 4.74 Å². The topological polar surface area (TPSA) is 9.23 Å². The average Bonchev–Trinajstić information content (AvgIpc) is 2.81. The Morgan fingerprint density at radius 3 is 1.48 bits per heavy atom. The lowest BCUT2D eigenvalue weighted by atomic mass is 10.1. The molecule has 0 aliphatic heterocycles. The summed E-state index contributed by atoms with van der Waals surface area (Å²) in [6, 6.07) is 16.3. The van der Waals surface area contributed by atoms with Crippen LogP contribution in [0.5, 0.6) is 5.75 Å². The summed E-state index contributed by atoms with van der Waals surface area (Å²) in [5.41, 5.74) is 6.47. The van der Waals surface area contributed by atoms with Crippen molar-refractivity contribution in [3.8, 4) is 29.1 Å². The van der Waals surface area contributed by atoms with E-state index in [0.717, 1.165) is 35.5 Å². The van der Waals surface area contributed by atoms with Crippen LogP contribution in [0.2, 0.25) is 19.6 Å². The summed E-state index contributed by atoms with van der Waals surface area (Å²) in [7, 11) is -1.34. The third kappa shape index (κ3) is 13.0. The maximum absolute atomic E-state index is 5.90.